The van der Waals surface area contributed by atoms with Crippen molar-refractivity contribution in [2.24, 2.45) is 0 Å². The zero-order valence-electron chi connectivity index (χ0n) is 26.7. The maximum Gasteiger partial charge on any atom is 0.0362 e. The second-order valence-corrected chi connectivity index (χ2v) is 13.9. The summed E-state index contributed by atoms with van der Waals surface area (Å²) in [5, 5.41) is 10.3. The highest BCUT2D eigenvalue weighted by molar-refractivity contribution is 7.26. The number of rotatable bonds is 4. The largest absolute Gasteiger partial charge is 0.135 e. The maximum atomic E-state index is 2.33. The van der Waals surface area contributed by atoms with E-state index in [0.717, 1.165) is 0 Å². The summed E-state index contributed by atoms with van der Waals surface area (Å²) in [7, 11) is 0. The topological polar surface area (TPSA) is 0 Å². The van der Waals surface area contributed by atoms with Crippen LogP contribution in [0.15, 0.2) is 182 Å². The molecule has 0 amide bonds. The second kappa shape index (κ2) is 11.3. The molecule has 228 valence electrons. The van der Waals surface area contributed by atoms with E-state index in [1.807, 2.05) is 11.3 Å². The van der Waals surface area contributed by atoms with Crippen LogP contribution in [0.5, 0.6) is 0 Å². The van der Waals surface area contributed by atoms with Gasteiger partial charge in [0, 0.05) is 20.2 Å². The van der Waals surface area contributed by atoms with E-state index in [4.69, 9.17) is 0 Å². The summed E-state index contributed by atoms with van der Waals surface area (Å²) in [6.07, 6.45) is 0. The Hall–Kier alpha value is -6.02. The standard InChI is InChI=1S/C48H30S/c1-2-14-33(15-3-1)46-36(29-30-44-48(46)42-22-10-11-24-43(42)49-44)32-25-27-34(28-26-32)45-38-18-6-8-20-40(38)47(41-21-9-7-19-39(41)45)37-23-12-16-31-13-4-5-17-35(31)37/h1-30H. The zero-order chi connectivity index (χ0) is 32.3. The van der Waals surface area contributed by atoms with E-state index in [1.54, 1.807) is 0 Å². The first-order valence-corrected chi connectivity index (χ1v) is 17.7. The van der Waals surface area contributed by atoms with Gasteiger partial charge in [-0.15, -0.1) is 11.3 Å². The predicted octanol–water partition coefficient (Wildman–Crippen LogP) is 14.2. The molecule has 0 fully saturated rings. The third-order valence-corrected chi connectivity index (χ3v) is 11.2. The van der Waals surface area contributed by atoms with Gasteiger partial charge in [0.15, 0.2) is 0 Å². The van der Waals surface area contributed by atoms with Crippen molar-refractivity contribution >= 4 is 63.8 Å². The van der Waals surface area contributed by atoms with Crippen LogP contribution in [0.4, 0.5) is 0 Å². The molecule has 0 aliphatic rings. The number of hydrogen-bond donors (Lipinski definition) is 0. The summed E-state index contributed by atoms with van der Waals surface area (Å²) in [6.45, 7) is 0. The molecule has 0 unspecified atom stereocenters. The molecule has 49 heavy (non-hydrogen) atoms. The Labute approximate surface area is 289 Å². The highest BCUT2D eigenvalue weighted by Gasteiger charge is 2.19. The Morgan fingerprint density at radius 3 is 1.51 bits per heavy atom. The second-order valence-electron chi connectivity index (χ2n) is 12.8. The molecule has 10 rings (SSSR count). The quantitative estimate of drug-likeness (QED) is 0.168. The maximum absolute atomic E-state index is 2.33. The molecule has 1 heteroatoms. The van der Waals surface area contributed by atoms with Crippen molar-refractivity contribution in [2.75, 3.05) is 0 Å². The normalized spacial score (nSPS) is 11.7. The molecule has 0 saturated carbocycles. The minimum atomic E-state index is 1.22. The fourth-order valence-electron chi connectivity index (χ4n) is 7.95. The lowest BCUT2D eigenvalue weighted by molar-refractivity contribution is 1.61. The van der Waals surface area contributed by atoms with E-state index < -0.39 is 0 Å². The average Bonchev–Trinajstić information content (AvgIpc) is 3.56. The first-order chi connectivity index (χ1) is 24.3. The molecule has 0 aliphatic carbocycles. The molecule has 0 nitrogen and oxygen atoms in total. The summed E-state index contributed by atoms with van der Waals surface area (Å²) < 4.78 is 2.65. The number of benzene rings is 9. The zero-order valence-corrected chi connectivity index (χ0v) is 27.5. The van der Waals surface area contributed by atoms with Crippen molar-refractivity contribution in [3.05, 3.63) is 182 Å². The molecule has 9 aromatic carbocycles. The van der Waals surface area contributed by atoms with Crippen LogP contribution < -0.4 is 0 Å². The van der Waals surface area contributed by atoms with Gasteiger partial charge in [-0.3, -0.25) is 0 Å². The Kier molecular flexibility index (Phi) is 6.47. The fourth-order valence-corrected chi connectivity index (χ4v) is 9.07. The van der Waals surface area contributed by atoms with Crippen LogP contribution in [-0.2, 0) is 0 Å². The lowest BCUT2D eigenvalue weighted by Gasteiger charge is -2.19. The molecule has 0 aliphatic heterocycles. The molecular formula is C48H30S. The van der Waals surface area contributed by atoms with Gasteiger partial charge in [0.2, 0.25) is 0 Å². The van der Waals surface area contributed by atoms with Crippen LogP contribution in [0.1, 0.15) is 0 Å². The highest BCUT2D eigenvalue weighted by atomic mass is 32.1. The van der Waals surface area contributed by atoms with Crippen molar-refractivity contribution in [1.29, 1.82) is 0 Å². The fraction of sp³-hybridized carbons (Fsp3) is 0. The Morgan fingerprint density at radius 1 is 0.265 bits per heavy atom. The van der Waals surface area contributed by atoms with Gasteiger partial charge >= 0.3 is 0 Å². The van der Waals surface area contributed by atoms with Crippen LogP contribution in [-0.4, -0.2) is 0 Å². The van der Waals surface area contributed by atoms with Crippen molar-refractivity contribution in [3.8, 4) is 44.5 Å². The average molecular weight is 639 g/mol. The first-order valence-electron chi connectivity index (χ1n) is 16.9. The summed E-state index contributed by atoms with van der Waals surface area (Å²) in [5.74, 6) is 0. The Morgan fingerprint density at radius 2 is 0.796 bits per heavy atom. The summed E-state index contributed by atoms with van der Waals surface area (Å²) in [5.41, 5.74) is 10.1. The summed E-state index contributed by atoms with van der Waals surface area (Å²) >= 11 is 1.88. The van der Waals surface area contributed by atoms with Crippen molar-refractivity contribution in [3.63, 3.8) is 0 Å². The van der Waals surface area contributed by atoms with Crippen molar-refractivity contribution in [2.45, 2.75) is 0 Å². The first kappa shape index (κ1) is 28.0. The lowest BCUT2D eigenvalue weighted by Crippen LogP contribution is -1.92. The van der Waals surface area contributed by atoms with E-state index in [2.05, 4.69) is 182 Å². The predicted molar refractivity (Wildman–Crippen MR) is 214 cm³/mol. The molecular weight excluding hydrogens is 609 g/mol. The van der Waals surface area contributed by atoms with Gasteiger partial charge in [-0.25, -0.2) is 0 Å². The third kappa shape index (κ3) is 4.44. The molecule has 0 radical (unpaired) electrons. The lowest BCUT2D eigenvalue weighted by atomic mass is 9.84. The van der Waals surface area contributed by atoms with E-state index in [-0.39, 0.29) is 0 Å². The van der Waals surface area contributed by atoms with Crippen LogP contribution in [0, 0.1) is 0 Å². The number of fused-ring (bicyclic) bond motifs is 6. The highest BCUT2D eigenvalue weighted by Crippen LogP contribution is 2.47. The molecule has 0 spiro atoms. The van der Waals surface area contributed by atoms with Gasteiger partial charge in [0.25, 0.3) is 0 Å². The van der Waals surface area contributed by atoms with Crippen molar-refractivity contribution in [1.82, 2.24) is 0 Å². The van der Waals surface area contributed by atoms with Gasteiger partial charge in [-0.05, 0) is 89.0 Å². The molecule has 0 bridgehead atoms. The molecule has 1 aromatic heterocycles. The van der Waals surface area contributed by atoms with E-state index in [1.165, 1.54) is 97.0 Å². The molecule has 0 N–H and O–H groups in total. The SMILES string of the molecule is c1ccc(-c2c(-c3ccc(-c4c5ccccc5c(-c5cccc6ccccc56)c5ccccc45)cc3)ccc3sc4ccccc4c23)cc1. The van der Waals surface area contributed by atoms with Crippen LogP contribution in [0.25, 0.3) is 97.0 Å². The van der Waals surface area contributed by atoms with Gasteiger partial charge in [0.1, 0.15) is 0 Å². The molecule has 0 atom stereocenters. The van der Waals surface area contributed by atoms with Crippen LogP contribution in [0.3, 0.4) is 0 Å². The minimum Gasteiger partial charge on any atom is -0.135 e. The number of thiophene rings is 1. The smallest absolute Gasteiger partial charge is 0.0362 e. The van der Waals surface area contributed by atoms with Gasteiger partial charge in [-0.2, -0.15) is 0 Å². The summed E-state index contributed by atoms with van der Waals surface area (Å²) in [6, 6.07) is 66.9. The third-order valence-electron chi connectivity index (χ3n) is 10.1. The molecule has 1 heterocycles. The van der Waals surface area contributed by atoms with Gasteiger partial charge in [-0.1, -0.05) is 170 Å². The molecule has 10 aromatic rings. The summed E-state index contributed by atoms with van der Waals surface area (Å²) in [4.78, 5) is 0. The van der Waals surface area contributed by atoms with E-state index in [9.17, 15) is 0 Å². The van der Waals surface area contributed by atoms with Gasteiger partial charge in [0.05, 0.1) is 0 Å². The monoisotopic (exact) mass is 638 g/mol. The van der Waals surface area contributed by atoms with Crippen LogP contribution >= 0.6 is 11.3 Å². The number of hydrogen-bond acceptors (Lipinski definition) is 1. The Bertz CT molecular complexity index is 2790. The minimum absolute atomic E-state index is 1.22. The van der Waals surface area contributed by atoms with Crippen LogP contribution in [0.2, 0.25) is 0 Å². The molecule has 0 saturated heterocycles. The Balaban J connectivity index is 1.20. The van der Waals surface area contributed by atoms with E-state index >= 15 is 0 Å². The van der Waals surface area contributed by atoms with Crippen molar-refractivity contribution < 1.29 is 0 Å². The van der Waals surface area contributed by atoms with Gasteiger partial charge < -0.3 is 0 Å². The van der Waals surface area contributed by atoms with E-state index in [0.29, 0.717) is 0 Å².